The van der Waals surface area contributed by atoms with Crippen molar-refractivity contribution in [3.05, 3.63) is 34.0 Å². The summed E-state index contributed by atoms with van der Waals surface area (Å²) in [7, 11) is 1.96. The van der Waals surface area contributed by atoms with Gasteiger partial charge in [-0.2, -0.15) is 0 Å². The summed E-state index contributed by atoms with van der Waals surface area (Å²) in [5.41, 5.74) is 5.57. The summed E-state index contributed by atoms with van der Waals surface area (Å²) in [5.74, 6) is 0.445. The number of benzene rings is 1. The zero-order chi connectivity index (χ0) is 13.4. The predicted molar refractivity (Wildman–Crippen MR) is 79.9 cm³/mol. The van der Waals surface area contributed by atoms with E-state index in [-0.39, 0.29) is 0 Å². The van der Waals surface area contributed by atoms with Gasteiger partial charge in [-0.15, -0.1) is 0 Å². The molecule has 0 amide bonds. The van der Waals surface area contributed by atoms with Gasteiger partial charge < -0.3 is 5.32 Å². The third-order valence-corrected chi connectivity index (χ3v) is 3.73. The monoisotopic (exact) mass is 262 g/mol. The van der Waals surface area contributed by atoms with Crippen molar-refractivity contribution in [3.8, 4) is 0 Å². The summed E-state index contributed by atoms with van der Waals surface area (Å²) in [6.07, 6.45) is 0. The Hall–Kier alpha value is -1.28. The highest BCUT2D eigenvalue weighted by atomic mass is 35.5. The van der Waals surface area contributed by atoms with Gasteiger partial charge in [-0.05, 0) is 43.0 Å². The first-order valence-electron chi connectivity index (χ1n) is 6.23. The van der Waals surface area contributed by atoms with Crippen LogP contribution in [0.5, 0.6) is 0 Å². The lowest BCUT2D eigenvalue weighted by atomic mass is 9.96. The average molecular weight is 263 g/mol. The summed E-state index contributed by atoms with van der Waals surface area (Å²) in [6.45, 7) is 8.47. The number of rotatable bonds is 2. The molecule has 0 fully saturated rings. The third-order valence-electron chi connectivity index (χ3n) is 3.32. The Labute approximate surface area is 113 Å². The second-order valence-corrected chi connectivity index (χ2v) is 5.42. The first-order valence-corrected chi connectivity index (χ1v) is 6.61. The van der Waals surface area contributed by atoms with Crippen LogP contribution >= 0.6 is 11.6 Å². The maximum Gasteiger partial charge on any atom is 0.0741 e. The maximum absolute atomic E-state index is 6.18. The fourth-order valence-electron chi connectivity index (χ4n) is 2.51. The van der Waals surface area contributed by atoms with Gasteiger partial charge in [-0.1, -0.05) is 25.4 Å². The lowest BCUT2D eigenvalue weighted by molar-refractivity contribution is 0.849. The van der Waals surface area contributed by atoms with Crippen LogP contribution in [0.2, 0.25) is 5.02 Å². The smallest absolute Gasteiger partial charge is 0.0741 e. The Kier molecular flexibility index (Phi) is 3.49. The van der Waals surface area contributed by atoms with Crippen LogP contribution in [0.15, 0.2) is 12.1 Å². The van der Waals surface area contributed by atoms with Crippen molar-refractivity contribution in [2.45, 2.75) is 33.6 Å². The lowest BCUT2D eigenvalue weighted by Gasteiger charge is -2.18. The number of fused-ring (bicyclic) bond motifs is 1. The Morgan fingerprint density at radius 2 is 1.89 bits per heavy atom. The van der Waals surface area contributed by atoms with E-state index in [0.717, 1.165) is 27.2 Å². The Morgan fingerprint density at radius 3 is 2.44 bits per heavy atom. The molecule has 0 saturated carbocycles. The zero-order valence-corrected chi connectivity index (χ0v) is 12.3. The highest BCUT2D eigenvalue weighted by molar-refractivity contribution is 6.32. The molecule has 1 aromatic heterocycles. The number of aryl methyl sites for hydroxylation is 2. The van der Waals surface area contributed by atoms with Crippen molar-refractivity contribution in [1.82, 2.24) is 4.98 Å². The molecule has 0 aliphatic carbocycles. The molecule has 1 heterocycles. The van der Waals surface area contributed by atoms with Crippen molar-refractivity contribution in [3.63, 3.8) is 0 Å². The van der Waals surface area contributed by atoms with Gasteiger partial charge in [0, 0.05) is 28.8 Å². The van der Waals surface area contributed by atoms with E-state index in [1.165, 1.54) is 11.3 Å². The first kappa shape index (κ1) is 13.2. The quantitative estimate of drug-likeness (QED) is 0.851. The third kappa shape index (κ3) is 2.05. The molecule has 0 aliphatic rings. The van der Waals surface area contributed by atoms with E-state index < -0.39 is 0 Å². The van der Waals surface area contributed by atoms with Gasteiger partial charge >= 0.3 is 0 Å². The molecule has 2 aromatic rings. The lowest BCUT2D eigenvalue weighted by Crippen LogP contribution is -2.04. The fourth-order valence-corrected chi connectivity index (χ4v) is 2.66. The molecule has 18 heavy (non-hydrogen) atoms. The number of nitrogens with one attached hydrogen (secondary N) is 1. The van der Waals surface area contributed by atoms with Gasteiger partial charge in [0.05, 0.1) is 5.52 Å². The summed E-state index contributed by atoms with van der Waals surface area (Å²) in [4.78, 5) is 4.68. The minimum absolute atomic E-state index is 0.445. The number of halogens is 1. The summed E-state index contributed by atoms with van der Waals surface area (Å²) in [5, 5.41) is 5.24. The van der Waals surface area contributed by atoms with Gasteiger partial charge in [-0.25, -0.2) is 0 Å². The van der Waals surface area contributed by atoms with Crippen LogP contribution in [0.1, 0.15) is 36.6 Å². The van der Waals surface area contributed by atoms with Gasteiger partial charge in [0.1, 0.15) is 0 Å². The number of hydrogen-bond donors (Lipinski definition) is 1. The van der Waals surface area contributed by atoms with E-state index in [9.17, 15) is 0 Å². The molecule has 2 nitrogen and oxygen atoms in total. The van der Waals surface area contributed by atoms with Crippen molar-refractivity contribution in [2.75, 3.05) is 12.4 Å². The van der Waals surface area contributed by atoms with Gasteiger partial charge in [0.15, 0.2) is 0 Å². The number of pyridine rings is 1. The molecule has 1 aromatic carbocycles. The predicted octanol–water partition coefficient (Wildman–Crippen LogP) is 4.67. The molecule has 0 unspecified atom stereocenters. The average Bonchev–Trinajstić information content (AvgIpc) is 2.29. The molecule has 0 atom stereocenters. The summed E-state index contributed by atoms with van der Waals surface area (Å²) < 4.78 is 0. The van der Waals surface area contributed by atoms with E-state index in [2.05, 4.69) is 37.1 Å². The zero-order valence-electron chi connectivity index (χ0n) is 11.6. The summed E-state index contributed by atoms with van der Waals surface area (Å²) in [6, 6.07) is 4.06. The highest BCUT2D eigenvalue weighted by Crippen LogP contribution is 2.35. The van der Waals surface area contributed by atoms with Crippen LogP contribution in [0.4, 0.5) is 5.69 Å². The standard InChI is InChI=1S/C15H19ClN2/c1-8(2)14-10(4)18-13-7-12(16)9(3)6-11(13)15(14)17-5/h6-8H,1-5H3,(H,17,18). The van der Waals surface area contributed by atoms with Crippen LogP contribution in [-0.2, 0) is 0 Å². The van der Waals surface area contributed by atoms with E-state index in [1.807, 2.05) is 20.0 Å². The number of aromatic nitrogens is 1. The fraction of sp³-hybridized carbons (Fsp3) is 0.400. The number of nitrogens with zero attached hydrogens (tertiary/aromatic N) is 1. The van der Waals surface area contributed by atoms with E-state index in [1.54, 1.807) is 0 Å². The molecular formula is C15H19ClN2. The SMILES string of the molecule is CNc1c(C(C)C)c(C)nc2cc(Cl)c(C)cc12. The molecule has 0 spiro atoms. The Morgan fingerprint density at radius 1 is 1.22 bits per heavy atom. The molecular weight excluding hydrogens is 244 g/mol. The van der Waals surface area contributed by atoms with Crippen molar-refractivity contribution in [2.24, 2.45) is 0 Å². The Balaban J connectivity index is 2.89. The normalized spacial score (nSPS) is 11.3. The number of hydrogen-bond acceptors (Lipinski definition) is 2. The molecule has 96 valence electrons. The Bertz CT molecular complexity index is 603. The van der Waals surface area contributed by atoms with Crippen LogP contribution in [0.3, 0.4) is 0 Å². The van der Waals surface area contributed by atoms with Crippen molar-refractivity contribution >= 4 is 28.2 Å². The van der Waals surface area contributed by atoms with Gasteiger partial charge in [0.2, 0.25) is 0 Å². The van der Waals surface area contributed by atoms with Crippen LogP contribution in [-0.4, -0.2) is 12.0 Å². The molecule has 2 rings (SSSR count). The van der Waals surface area contributed by atoms with Crippen molar-refractivity contribution < 1.29 is 0 Å². The van der Waals surface area contributed by atoms with E-state index in [4.69, 9.17) is 11.6 Å². The van der Waals surface area contributed by atoms with Gasteiger partial charge in [-0.3, -0.25) is 4.98 Å². The topological polar surface area (TPSA) is 24.9 Å². The molecule has 0 saturated heterocycles. The van der Waals surface area contributed by atoms with Gasteiger partial charge in [0.25, 0.3) is 0 Å². The second kappa shape index (κ2) is 4.77. The molecule has 1 N–H and O–H groups in total. The largest absolute Gasteiger partial charge is 0.387 e. The maximum atomic E-state index is 6.18. The first-order chi connectivity index (χ1) is 8.45. The van der Waals surface area contributed by atoms with E-state index >= 15 is 0 Å². The molecule has 3 heteroatoms. The second-order valence-electron chi connectivity index (χ2n) is 5.01. The summed E-state index contributed by atoms with van der Waals surface area (Å²) >= 11 is 6.18. The minimum atomic E-state index is 0.445. The molecule has 0 radical (unpaired) electrons. The number of anilines is 1. The van der Waals surface area contributed by atoms with Crippen LogP contribution in [0, 0.1) is 13.8 Å². The molecule has 0 bridgehead atoms. The molecule has 0 aliphatic heterocycles. The minimum Gasteiger partial charge on any atom is -0.387 e. The van der Waals surface area contributed by atoms with Crippen LogP contribution < -0.4 is 5.32 Å². The highest BCUT2D eigenvalue weighted by Gasteiger charge is 2.15. The van der Waals surface area contributed by atoms with Crippen molar-refractivity contribution in [1.29, 1.82) is 0 Å². The van der Waals surface area contributed by atoms with Crippen LogP contribution in [0.25, 0.3) is 10.9 Å². The van der Waals surface area contributed by atoms with E-state index in [0.29, 0.717) is 5.92 Å².